The molecule has 162 valence electrons. The third-order valence-electron chi connectivity index (χ3n) is 6.13. The molecule has 0 saturated carbocycles. The Morgan fingerprint density at radius 3 is 2.73 bits per heavy atom. The second-order valence-electron chi connectivity index (χ2n) is 8.15. The van der Waals surface area contributed by atoms with E-state index in [1.54, 1.807) is 11.6 Å². The van der Waals surface area contributed by atoms with Crippen molar-refractivity contribution < 1.29 is 10.0 Å². The molecule has 0 radical (unpaired) electrons. The highest BCUT2D eigenvalue weighted by molar-refractivity contribution is 5.90. The van der Waals surface area contributed by atoms with E-state index in [4.69, 9.17) is 10.3 Å². The van der Waals surface area contributed by atoms with E-state index >= 15 is 0 Å². The maximum atomic E-state index is 11.1. The summed E-state index contributed by atoms with van der Waals surface area (Å²) in [5.74, 6) is -0.523. The minimum absolute atomic E-state index is 0.444. The highest BCUT2D eigenvalue weighted by Gasteiger charge is 2.26. The van der Waals surface area contributed by atoms with E-state index in [9.17, 15) is 4.79 Å². The fourth-order valence-corrected chi connectivity index (χ4v) is 4.39. The molecule has 30 heavy (non-hydrogen) atoms. The van der Waals surface area contributed by atoms with Crippen molar-refractivity contribution in [2.75, 3.05) is 13.1 Å². The molecule has 6 nitrogen and oxygen atoms in total. The van der Waals surface area contributed by atoms with Gasteiger partial charge in [0, 0.05) is 30.9 Å². The molecule has 1 unspecified atom stereocenters. The maximum Gasteiger partial charge on any atom is 0.267 e. The van der Waals surface area contributed by atoms with Gasteiger partial charge in [0.2, 0.25) is 0 Å². The van der Waals surface area contributed by atoms with Crippen LogP contribution >= 0.6 is 0 Å². The summed E-state index contributed by atoms with van der Waals surface area (Å²) in [6, 6.07) is 8.80. The number of benzene rings is 1. The van der Waals surface area contributed by atoms with E-state index in [1.807, 2.05) is 12.1 Å². The Kier molecular flexibility index (Phi) is 7.82. The average Bonchev–Trinajstić information content (AvgIpc) is 3.33. The lowest BCUT2D eigenvalue weighted by atomic mass is 10.0. The number of carbonyl (C=O) groups is 1. The first-order valence-electron chi connectivity index (χ1n) is 11.0. The van der Waals surface area contributed by atoms with Crippen LogP contribution in [-0.2, 0) is 17.8 Å². The largest absolute Gasteiger partial charge is 0.296 e. The lowest BCUT2D eigenvalue weighted by molar-refractivity contribution is -0.124. The number of hydrogen-bond donors (Lipinski definition) is 2. The SMILES string of the molecule is CCCCn1nc(C)c(CCN2CCCC2c2ccc(/C=C/C(=O)NO)cc2)c1C. The van der Waals surface area contributed by atoms with Crippen molar-refractivity contribution in [2.24, 2.45) is 0 Å². The normalized spacial score (nSPS) is 17.1. The Balaban J connectivity index is 1.63. The predicted octanol–water partition coefficient (Wildman–Crippen LogP) is 4.20. The van der Waals surface area contributed by atoms with Gasteiger partial charge < -0.3 is 0 Å². The van der Waals surface area contributed by atoms with Gasteiger partial charge in [0.15, 0.2) is 0 Å². The van der Waals surface area contributed by atoms with Crippen LogP contribution in [0.3, 0.4) is 0 Å². The molecule has 2 heterocycles. The number of hydrogen-bond acceptors (Lipinski definition) is 4. The number of aromatic nitrogens is 2. The van der Waals surface area contributed by atoms with Crippen molar-refractivity contribution in [3.05, 3.63) is 58.4 Å². The zero-order valence-corrected chi connectivity index (χ0v) is 18.4. The summed E-state index contributed by atoms with van der Waals surface area (Å²) >= 11 is 0. The fraction of sp³-hybridized carbons (Fsp3) is 0.500. The molecule has 2 aromatic rings. The molecule has 1 fully saturated rings. The minimum atomic E-state index is -0.523. The van der Waals surface area contributed by atoms with Crippen LogP contribution in [0.15, 0.2) is 30.3 Å². The van der Waals surface area contributed by atoms with Gasteiger partial charge >= 0.3 is 0 Å². The first-order chi connectivity index (χ1) is 14.5. The van der Waals surface area contributed by atoms with E-state index in [1.165, 1.54) is 54.3 Å². The highest BCUT2D eigenvalue weighted by Crippen LogP contribution is 2.32. The molecule has 6 heteroatoms. The van der Waals surface area contributed by atoms with Gasteiger partial charge in [-0.1, -0.05) is 37.6 Å². The molecule has 1 aromatic heterocycles. The van der Waals surface area contributed by atoms with E-state index in [-0.39, 0.29) is 0 Å². The number of likely N-dealkylation sites (tertiary alicyclic amines) is 1. The maximum absolute atomic E-state index is 11.1. The number of hydroxylamine groups is 1. The van der Waals surface area contributed by atoms with Gasteiger partial charge in [-0.05, 0) is 68.8 Å². The van der Waals surface area contributed by atoms with Crippen molar-refractivity contribution in [3.8, 4) is 0 Å². The van der Waals surface area contributed by atoms with Gasteiger partial charge in [0.05, 0.1) is 5.69 Å². The van der Waals surface area contributed by atoms with Crippen molar-refractivity contribution >= 4 is 12.0 Å². The molecule has 1 aliphatic rings. The quantitative estimate of drug-likeness (QED) is 0.369. The lowest BCUT2D eigenvalue weighted by Crippen LogP contribution is -2.26. The molecular weight excluding hydrogens is 376 g/mol. The first kappa shape index (κ1) is 22.2. The average molecular weight is 411 g/mol. The summed E-state index contributed by atoms with van der Waals surface area (Å²) in [4.78, 5) is 13.7. The van der Waals surface area contributed by atoms with Gasteiger partial charge in [0.1, 0.15) is 0 Å². The smallest absolute Gasteiger partial charge is 0.267 e. The Hall–Kier alpha value is -2.44. The van der Waals surface area contributed by atoms with E-state index in [2.05, 4.69) is 42.5 Å². The predicted molar refractivity (Wildman–Crippen MR) is 119 cm³/mol. The zero-order chi connectivity index (χ0) is 21.5. The molecule has 1 amide bonds. The van der Waals surface area contributed by atoms with E-state index < -0.39 is 5.91 Å². The minimum Gasteiger partial charge on any atom is -0.296 e. The molecule has 1 aromatic carbocycles. The van der Waals surface area contributed by atoms with E-state index in [0.29, 0.717) is 6.04 Å². The molecule has 1 aliphatic heterocycles. The van der Waals surface area contributed by atoms with Crippen LogP contribution in [0.25, 0.3) is 6.08 Å². The Morgan fingerprint density at radius 1 is 1.27 bits per heavy atom. The lowest BCUT2D eigenvalue weighted by Gasteiger charge is -2.25. The standard InChI is InChI=1S/C24H34N4O2/c1-4-5-16-28-19(3)22(18(2)25-28)14-17-27-15-6-7-23(27)21-11-8-20(9-12-21)10-13-24(29)26-30/h8-13,23,30H,4-7,14-17H2,1-3H3,(H,26,29)/b13-10+. The summed E-state index contributed by atoms with van der Waals surface area (Å²) in [6.07, 6.45) is 8.81. The molecule has 0 bridgehead atoms. The Bertz CT molecular complexity index is 870. The van der Waals surface area contributed by atoms with Crippen LogP contribution in [0.4, 0.5) is 0 Å². The molecule has 1 saturated heterocycles. The Labute approximate surface area is 179 Å². The molecular formula is C24H34N4O2. The molecule has 3 rings (SSSR count). The first-order valence-corrected chi connectivity index (χ1v) is 11.0. The van der Waals surface area contributed by atoms with Gasteiger partial charge in [-0.15, -0.1) is 0 Å². The highest BCUT2D eigenvalue weighted by atomic mass is 16.5. The van der Waals surface area contributed by atoms with Crippen LogP contribution in [-0.4, -0.2) is 38.9 Å². The third-order valence-corrected chi connectivity index (χ3v) is 6.13. The third kappa shape index (κ3) is 5.37. The van der Waals surface area contributed by atoms with Crippen LogP contribution in [0.2, 0.25) is 0 Å². The van der Waals surface area contributed by atoms with Crippen LogP contribution in [0.1, 0.15) is 66.7 Å². The number of carbonyl (C=O) groups excluding carboxylic acids is 1. The second kappa shape index (κ2) is 10.5. The fourth-order valence-electron chi connectivity index (χ4n) is 4.39. The second-order valence-corrected chi connectivity index (χ2v) is 8.15. The van der Waals surface area contributed by atoms with Crippen LogP contribution in [0.5, 0.6) is 0 Å². The van der Waals surface area contributed by atoms with Crippen LogP contribution < -0.4 is 5.48 Å². The Morgan fingerprint density at radius 2 is 2.03 bits per heavy atom. The summed E-state index contributed by atoms with van der Waals surface area (Å²) in [7, 11) is 0. The van der Waals surface area contributed by atoms with E-state index in [0.717, 1.165) is 31.6 Å². The topological polar surface area (TPSA) is 70.4 Å². The van der Waals surface area contributed by atoms with Crippen LogP contribution in [0, 0.1) is 13.8 Å². The number of aryl methyl sites for hydroxylation is 2. The molecule has 2 N–H and O–H groups in total. The van der Waals surface area contributed by atoms with Crippen molar-refractivity contribution in [2.45, 2.75) is 65.5 Å². The summed E-state index contributed by atoms with van der Waals surface area (Å²) < 4.78 is 2.18. The van der Waals surface area contributed by atoms with Gasteiger partial charge in [-0.3, -0.25) is 19.6 Å². The van der Waals surface area contributed by atoms with Gasteiger partial charge in [-0.25, -0.2) is 5.48 Å². The molecule has 1 atom stereocenters. The monoisotopic (exact) mass is 410 g/mol. The van der Waals surface area contributed by atoms with Crippen molar-refractivity contribution in [1.29, 1.82) is 0 Å². The van der Waals surface area contributed by atoms with Crippen molar-refractivity contribution in [3.63, 3.8) is 0 Å². The number of nitrogens with zero attached hydrogens (tertiary/aromatic N) is 3. The summed E-state index contributed by atoms with van der Waals surface area (Å²) in [5, 5.41) is 13.3. The van der Waals surface area contributed by atoms with Gasteiger partial charge in [-0.2, -0.15) is 5.10 Å². The number of nitrogens with one attached hydrogen (secondary N) is 1. The van der Waals surface area contributed by atoms with Gasteiger partial charge in [0.25, 0.3) is 5.91 Å². The number of rotatable bonds is 9. The summed E-state index contributed by atoms with van der Waals surface area (Å²) in [5.41, 5.74) is 7.76. The summed E-state index contributed by atoms with van der Waals surface area (Å²) in [6.45, 7) is 9.74. The zero-order valence-electron chi connectivity index (χ0n) is 18.4. The molecule has 0 spiro atoms. The van der Waals surface area contributed by atoms with Crippen molar-refractivity contribution in [1.82, 2.24) is 20.2 Å². The number of amides is 1. The number of unbranched alkanes of at least 4 members (excludes halogenated alkanes) is 1. The molecule has 0 aliphatic carbocycles.